The summed E-state index contributed by atoms with van der Waals surface area (Å²) in [6.45, 7) is -1.88. The second kappa shape index (κ2) is 7.76. The Balaban J connectivity index is 1.63. The molecule has 1 aromatic heterocycles. The molecule has 28 heavy (non-hydrogen) atoms. The van der Waals surface area contributed by atoms with Crippen molar-refractivity contribution in [3.63, 3.8) is 0 Å². The van der Waals surface area contributed by atoms with Crippen LogP contribution in [0.1, 0.15) is 17.7 Å². The van der Waals surface area contributed by atoms with Crippen LogP contribution in [-0.2, 0) is 22.7 Å². The first-order valence-electron chi connectivity index (χ1n) is 8.28. The fourth-order valence-corrected chi connectivity index (χ4v) is 4.31. The number of sulfonamides is 1. The topological polar surface area (TPSA) is 58.4 Å². The lowest BCUT2D eigenvalue weighted by molar-refractivity contribution is -0.137. The molecule has 0 spiro atoms. The first kappa shape index (κ1) is 20.7. The van der Waals surface area contributed by atoms with Crippen molar-refractivity contribution in [1.82, 2.24) is 19.0 Å². The second-order valence-corrected chi connectivity index (χ2v) is 8.25. The number of nitrogens with zero attached hydrogens (tertiary/aromatic N) is 4. The average Bonchev–Trinajstić information content (AvgIpc) is 3.13. The van der Waals surface area contributed by atoms with Gasteiger partial charge >= 0.3 is 12.7 Å². The van der Waals surface area contributed by atoms with E-state index in [9.17, 15) is 30.4 Å². The number of alkyl halides is 5. The Hall–Kier alpha value is -2.05. The standard InChI is InChI=1S/C16H17F5N4O2S/c17-15(18)25-11-14(9-22-25)28(26,27)24-6-4-23(5-7-24)10-12-2-1-3-13(8-12)16(19,20)21/h1-3,8-9,11,15H,4-7,10H2. The molecule has 0 bridgehead atoms. The van der Waals surface area contributed by atoms with E-state index in [1.165, 1.54) is 6.07 Å². The lowest BCUT2D eigenvalue weighted by atomic mass is 10.1. The van der Waals surface area contributed by atoms with Crippen LogP contribution in [0.2, 0.25) is 0 Å². The van der Waals surface area contributed by atoms with Crippen molar-refractivity contribution in [2.75, 3.05) is 26.2 Å². The third kappa shape index (κ3) is 4.50. The molecule has 3 rings (SSSR count). The van der Waals surface area contributed by atoms with Gasteiger partial charge in [-0.25, -0.2) is 13.1 Å². The van der Waals surface area contributed by atoms with Gasteiger partial charge in [-0.2, -0.15) is 31.4 Å². The zero-order valence-electron chi connectivity index (χ0n) is 14.5. The summed E-state index contributed by atoms with van der Waals surface area (Å²) in [5.41, 5.74) is -0.258. The van der Waals surface area contributed by atoms with Gasteiger partial charge in [-0.1, -0.05) is 18.2 Å². The highest BCUT2D eigenvalue weighted by Crippen LogP contribution is 2.30. The molecular weight excluding hydrogens is 407 g/mol. The maximum atomic E-state index is 12.8. The molecule has 2 aromatic rings. The number of hydrogen-bond acceptors (Lipinski definition) is 4. The van der Waals surface area contributed by atoms with E-state index in [0.29, 0.717) is 18.7 Å². The van der Waals surface area contributed by atoms with Crippen LogP contribution in [0.5, 0.6) is 0 Å². The number of piperazine rings is 1. The highest BCUT2D eigenvalue weighted by Gasteiger charge is 2.32. The average molecular weight is 424 g/mol. The molecule has 2 heterocycles. The SMILES string of the molecule is O=S(=O)(c1cnn(C(F)F)c1)N1CCN(Cc2cccc(C(F)(F)F)c2)CC1. The van der Waals surface area contributed by atoms with E-state index in [2.05, 4.69) is 5.10 Å². The van der Waals surface area contributed by atoms with Crippen molar-refractivity contribution >= 4 is 10.0 Å². The number of aromatic nitrogens is 2. The predicted molar refractivity (Wildman–Crippen MR) is 89.0 cm³/mol. The summed E-state index contributed by atoms with van der Waals surface area (Å²) < 4.78 is 90.0. The summed E-state index contributed by atoms with van der Waals surface area (Å²) in [4.78, 5) is 1.52. The fourth-order valence-electron chi connectivity index (χ4n) is 2.94. The Morgan fingerprint density at radius 1 is 1.11 bits per heavy atom. The molecule has 0 atom stereocenters. The second-order valence-electron chi connectivity index (χ2n) is 6.31. The van der Waals surface area contributed by atoms with Gasteiger partial charge in [0.15, 0.2) is 0 Å². The summed E-state index contributed by atoms with van der Waals surface area (Å²) in [6, 6.07) is 4.98. The Labute approximate surface area is 158 Å². The van der Waals surface area contributed by atoms with Gasteiger partial charge in [0.1, 0.15) is 4.90 Å². The van der Waals surface area contributed by atoms with Gasteiger partial charge in [0.05, 0.1) is 18.0 Å². The van der Waals surface area contributed by atoms with Gasteiger partial charge < -0.3 is 0 Å². The maximum Gasteiger partial charge on any atom is 0.416 e. The van der Waals surface area contributed by atoms with Crippen molar-refractivity contribution in [3.05, 3.63) is 47.8 Å². The molecule has 0 radical (unpaired) electrons. The van der Waals surface area contributed by atoms with Crippen LogP contribution in [0.4, 0.5) is 22.0 Å². The van der Waals surface area contributed by atoms with Gasteiger partial charge in [-0.3, -0.25) is 4.90 Å². The van der Waals surface area contributed by atoms with Crippen molar-refractivity contribution < 1.29 is 30.4 Å². The van der Waals surface area contributed by atoms with Crippen molar-refractivity contribution in [2.45, 2.75) is 24.2 Å². The van der Waals surface area contributed by atoms with Crippen molar-refractivity contribution in [1.29, 1.82) is 0 Å². The summed E-state index contributed by atoms with van der Waals surface area (Å²) in [5.74, 6) is 0. The monoisotopic (exact) mass is 424 g/mol. The Morgan fingerprint density at radius 2 is 1.79 bits per heavy atom. The van der Waals surface area contributed by atoms with Crippen molar-refractivity contribution in [3.8, 4) is 0 Å². The Bertz CT molecular complexity index is 921. The van der Waals surface area contributed by atoms with E-state index in [1.54, 1.807) is 6.07 Å². The smallest absolute Gasteiger partial charge is 0.296 e. The van der Waals surface area contributed by atoms with Crippen LogP contribution in [-0.4, -0.2) is 53.6 Å². The van der Waals surface area contributed by atoms with Gasteiger partial charge in [0.2, 0.25) is 10.0 Å². The fraction of sp³-hybridized carbons (Fsp3) is 0.438. The molecule has 1 aliphatic rings. The first-order valence-corrected chi connectivity index (χ1v) is 9.72. The summed E-state index contributed by atoms with van der Waals surface area (Å²) >= 11 is 0. The summed E-state index contributed by atoms with van der Waals surface area (Å²) in [6.07, 6.45) is -2.78. The largest absolute Gasteiger partial charge is 0.416 e. The Kier molecular flexibility index (Phi) is 5.73. The number of benzene rings is 1. The molecule has 0 N–H and O–H groups in total. The highest BCUT2D eigenvalue weighted by atomic mass is 32.2. The first-order chi connectivity index (χ1) is 13.1. The zero-order chi connectivity index (χ0) is 20.5. The van der Waals surface area contributed by atoms with Crippen LogP contribution in [0.25, 0.3) is 0 Å². The molecule has 0 unspecified atom stereocenters. The number of hydrogen-bond donors (Lipinski definition) is 0. The van der Waals surface area contributed by atoms with Gasteiger partial charge in [-0.05, 0) is 11.6 Å². The van der Waals surface area contributed by atoms with Gasteiger partial charge in [-0.15, -0.1) is 0 Å². The molecular formula is C16H17F5N4O2S. The van der Waals surface area contributed by atoms with Crippen LogP contribution in [0.3, 0.4) is 0 Å². The Morgan fingerprint density at radius 3 is 2.36 bits per heavy atom. The molecule has 1 saturated heterocycles. The molecule has 154 valence electrons. The predicted octanol–water partition coefficient (Wildman–Crippen LogP) is 2.80. The number of halogens is 5. The highest BCUT2D eigenvalue weighted by molar-refractivity contribution is 7.89. The van der Waals surface area contributed by atoms with Gasteiger partial charge in [0.25, 0.3) is 0 Å². The molecule has 1 fully saturated rings. The van der Waals surface area contributed by atoms with Crippen LogP contribution < -0.4 is 0 Å². The number of rotatable bonds is 5. The van der Waals surface area contributed by atoms with Crippen LogP contribution in [0, 0.1) is 0 Å². The molecule has 0 aliphatic carbocycles. The van der Waals surface area contributed by atoms with E-state index < -0.39 is 28.3 Å². The lowest BCUT2D eigenvalue weighted by Crippen LogP contribution is -2.48. The van der Waals surface area contributed by atoms with E-state index in [-0.39, 0.29) is 29.2 Å². The third-order valence-electron chi connectivity index (χ3n) is 4.41. The maximum absolute atomic E-state index is 12.8. The minimum Gasteiger partial charge on any atom is -0.296 e. The van der Waals surface area contributed by atoms with Crippen molar-refractivity contribution in [2.24, 2.45) is 0 Å². The summed E-state index contributed by atoms with van der Waals surface area (Å²) in [7, 11) is -3.96. The quantitative estimate of drug-likeness (QED) is 0.693. The third-order valence-corrected chi connectivity index (χ3v) is 6.26. The van der Waals surface area contributed by atoms with Gasteiger partial charge in [0, 0.05) is 32.7 Å². The zero-order valence-corrected chi connectivity index (χ0v) is 15.3. The molecule has 0 amide bonds. The molecule has 0 saturated carbocycles. The summed E-state index contributed by atoms with van der Waals surface area (Å²) in [5, 5.41) is 3.33. The lowest BCUT2D eigenvalue weighted by Gasteiger charge is -2.33. The molecule has 12 heteroatoms. The molecule has 6 nitrogen and oxygen atoms in total. The minimum atomic E-state index is -4.43. The van der Waals surface area contributed by atoms with E-state index in [0.717, 1.165) is 28.8 Å². The van der Waals surface area contributed by atoms with E-state index in [4.69, 9.17) is 0 Å². The van der Waals surface area contributed by atoms with E-state index in [1.807, 2.05) is 4.90 Å². The normalized spacial score (nSPS) is 17.4. The molecule has 1 aromatic carbocycles. The van der Waals surface area contributed by atoms with Crippen LogP contribution in [0.15, 0.2) is 41.6 Å². The van der Waals surface area contributed by atoms with Crippen LogP contribution >= 0.6 is 0 Å². The van der Waals surface area contributed by atoms with E-state index >= 15 is 0 Å². The molecule has 1 aliphatic heterocycles. The minimum absolute atomic E-state index is 0.0984.